The fourth-order valence-electron chi connectivity index (χ4n) is 1.67. The van der Waals surface area contributed by atoms with Crippen molar-refractivity contribution in [3.05, 3.63) is 35.4 Å². The van der Waals surface area contributed by atoms with Crippen molar-refractivity contribution in [3.63, 3.8) is 0 Å². The number of nitrogens with zero attached hydrogens (tertiary/aromatic N) is 1. The van der Waals surface area contributed by atoms with Crippen molar-refractivity contribution < 1.29 is 4.79 Å². The molecule has 1 aromatic rings. The standard InChI is InChI=1S/C15H25N3O/c1-12(2)14-7-5-13(6-8-14)11-16-9-10-17-15(19)18(3)4/h5-8,12,16H,9-11H2,1-4H3,(H,17,19). The van der Waals surface area contributed by atoms with Gasteiger partial charge in [-0.2, -0.15) is 0 Å². The molecule has 1 rings (SSSR count). The zero-order valence-corrected chi connectivity index (χ0v) is 12.4. The smallest absolute Gasteiger partial charge is 0.316 e. The monoisotopic (exact) mass is 263 g/mol. The first kappa shape index (κ1) is 15.5. The van der Waals surface area contributed by atoms with Crippen molar-refractivity contribution in [2.45, 2.75) is 26.3 Å². The molecule has 0 spiro atoms. The Morgan fingerprint density at radius 3 is 2.32 bits per heavy atom. The predicted molar refractivity (Wildman–Crippen MR) is 79.3 cm³/mol. The number of benzene rings is 1. The molecule has 4 nitrogen and oxygen atoms in total. The van der Waals surface area contributed by atoms with Crippen molar-refractivity contribution in [1.82, 2.24) is 15.5 Å². The van der Waals surface area contributed by atoms with E-state index in [4.69, 9.17) is 0 Å². The molecule has 0 aliphatic heterocycles. The maximum Gasteiger partial charge on any atom is 0.316 e. The molecule has 0 aromatic heterocycles. The summed E-state index contributed by atoms with van der Waals surface area (Å²) in [5, 5.41) is 6.13. The lowest BCUT2D eigenvalue weighted by Gasteiger charge is -2.12. The summed E-state index contributed by atoms with van der Waals surface area (Å²) < 4.78 is 0. The van der Waals surface area contributed by atoms with Crippen molar-refractivity contribution in [1.29, 1.82) is 0 Å². The number of hydrogen-bond donors (Lipinski definition) is 2. The number of carbonyl (C=O) groups excluding carboxylic acids is 1. The summed E-state index contributed by atoms with van der Waals surface area (Å²) >= 11 is 0. The van der Waals surface area contributed by atoms with Crippen molar-refractivity contribution in [2.24, 2.45) is 0 Å². The van der Waals surface area contributed by atoms with Crippen molar-refractivity contribution in [2.75, 3.05) is 27.2 Å². The summed E-state index contributed by atoms with van der Waals surface area (Å²) in [7, 11) is 3.47. The van der Waals surface area contributed by atoms with E-state index < -0.39 is 0 Å². The van der Waals surface area contributed by atoms with Crippen LogP contribution in [-0.4, -0.2) is 38.1 Å². The minimum atomic E-state index is -0.0527. The molecule has 1 aromatic carbocycles. The van der Waals surface area contributed by atoms with Gasteiger partial charge in [-0.25, -0.2) is 4.79 Å². The molecule has 2 amide bonds. The van der Waals surface area contributed by atoms with Crippen LogP contribution in [0.15, 0.2) is 24.3 Å². The second kappa shape index (κ2) is 7.79. The SMILES string of the molecule is CC(C)c1ccc(CNCCNC(=O)N(C)C)cc1. The third-order valence-corrected chi connectivity index (χ3v) is 2.96. The molecule has 2 N–H and O–H groups in total. The molecule has 0 aliphatic carbocycles. The first-order valence-corrected chi connectivity index (χ1v) is 6.75. The Bertz CT molecular complexity index is 385. The van der Waals surface area contributed by atoms with Gasteiger partial charge >= 0.3 is 6.03 Å². The predicted octanol–water partition coefficient (Wildman–Crippen LogP) is 2.17. The van der Waals surface area contributed by atoms with Gasteiger partial charge in [0.25, 0.3) is 0 Å². The molecule has 0 aliphatic rings. The number of carbonyl (C=O) groups is 1. The summed E-state index contributed by atoms with van der Waals surface area (Å²) in [6, 6.07) is 8.61. The van der Waals surface area contributed by atoms with E-state index in [1.165, 1.54) is 16.0 Å². The Morgan fingerprint density at radius 1 is 1.16 bits per heavy atom. The maximum atomic E-state index is 11.3. The molecule has 0 saturated heterocycles. The average molecular weight is 263 g/mol. The van der Waals surface area contributed by atoms with Gasteiger partial charge in [0.15, 0.2) is 0 Å². The molecule has 0 radical (unpaired) electrons. The van der Waals surface area contributed by atoms with E-state index in [1.807, 2.05) is 0 Å². The summed E-state index contributed by atoms with van der Waals surface area (Å²) in [6.07, 6.45) is 0. The van der Waals surface area contributed by atoms with Gasteiger partial charge in [0, 0.05) is 33.7 Å². The summed E-state index contributed by atoms with van der Waals surface area (Å²) in [4.78, 5) is 12.8. The van der Waals surface area contributed by atoms with Gasteiger partial charge < -0.3 is 15.5 Å². The van der Waals surface area contributed by atoms with Crippen LogP contribution in [0, 0.1) is 0 Å². The fraction of sp³-hybridized carbons (Fsp3) is 0.533. The molecule has 0 fully saturated rings. The Morgan fingerprint density at radius 2 is 1.79 bits per heavy atom. The second-order valence-electron chi connectivity index (χ2n) is 5.20. The van der Waals surface area contributed by atoms with Gasteiger partial charge in [0.2, 0.25) is 0 Å². The molecule has 0 saturated carbocycles. The van der Waals surface area contributed by atoms with Crippen LogP contribution in [0.5, 0.6) is 0 Å². The molecule has 0 heterocycles. The van der Waals surface area contributed by atoms with E-state index in [9.17, 15) is 4.79 Å². The highest BCUT2D eigenvalue weighted by molar-refractivity contribution is 5.73. The van der Waals surface area contributed by atoms with Crippen LogP contribution in [0.2, 0.25) is 0 Å². The number of nitrogens with one attached hydrogen (secondary N) is 2. The molecule has 0 bridgehead atoms. The third kappa shape index (κ3) is 5.75. The van der Waals surface area contributed by atoms with Crippen LogP contribution < -0.4 is 10.6 Å². The van der Waals surface area contributed by atoms with E-state index in [-0.39, 0.29) is 6.03 Å². The minimum absolute atomic E-state index is 0.0527. The van der Waals surface area contributed by atoms with Crippen molar-refractivity contribution in [3.8, 4) is 0 Å². The Hall–Kier alpha value is -1.55. The lowest BCUT2D eigenvalue weighted by molar-refractivity contribution is 0.217. The lowest BCUT2D eigenvalue weighted by Crippen LogP contribution is -2.38. The van der Waals surface area contributed by atoms with Gasteiger partial charge in [-0.1, -0.05) is 38.1 Å². The maximum absolute atomic E-state index is 11.3. The normalized spacial score (nSPS) is 10.6. The summed E-state index contributed by atoms with van der Waals surface area (Å²) in [5.41, 5.74) is 2.63. The second-order valence-corrected chi connectivity index (χ2v) is 5.20. The van der Waals surface area contributed by atoms with Crippen LogP contribution in [0.4, 0.5) is 4.79 Å². The quantitative estimate of drug-likeness (QED) is 0.773. The number of rotatable bonds is 6. The van der Waals surface area contributed by atoms with Gasteiger partial charge in [0.1, 0.15) is 0 Å². The largest absolute Gasteiger partial charge is 0.337 e. The average Bonchev–Trinajstić information content (AvgIpc) is 2.38. The number of hydrogen-bond acceptors (Lipinski definition) is 2. The Labute approximate surface area is 116 Å². The van der Waals surface area contributed by atoms with Crippen LogP contribution in [0.1, 0.15) is 30.9 Å². The van der Waals surface area contributed by atoms with Crippen LogP contribution >= 0.6 is 0 Å². The van der Waals surface area contributed by atoms with Gasteiger partial charge in [-0.15, -0.1) is 0 Å². The van der Waals surface area contributed by atoms with E-state index in [0.29, 0.717) is 12.5 Å². The zero-order chi connectivity index (χ0) is 14.3. The minimum Gasteiger partial charge on any atom is -0.337 e. The Balaban J connectivity index is 2.21. The van der Waals surface area contributed by atoms with Gasteiger partial charge in [-0.05, 0) is 17.0 Å². The molecule has 4 heteroatoms. The van der Waals surface area contributed by atoms with Gasteiger partial charge in [-0.3, -0.25) is 0 Å². The lowest BCUT2D eigenvalue weighted by atomic mass is 10.0. The number of amides is 2. The van der Waals surface area contributed by atoms with E-state index in [1.54, 1.807) is 14.1 Å². The molecule has 106 valence electrons. The first-order chi connectivity index (χ1) is 9.00. The summed E-state index contributed by atoms with van der Waals surface area (Å²) in [5.74, 6) is 0.572. The summed E-state index contributed by atoms with van der Waals surface area (Å²) in [6.45, 7) is 6.63. The van der Waals surface area contributed by atoms with Crippen LogP contribution in [-0.2, 0) is 6.54 Å². The van der Waals surface area contributed by atoms with Crippen LogP contribution in [0.25, 0.3) is 0 Å². The molecule has 0 atom stereocenters. The Kier molecular flexibility index (Phi) is 6.36. The van der Waals surface area contributed by atoms with Crippen molar-refractivity contribution >= 4 is 6.03 Å². The van der Waals surface area contributed by atoms with Crippen LogP contribution in [0.3, 0.4) is 0 Å². The third-order valence-electron chi connectivity index (χ3n) is 2.96. The molecule has 0 unspecified atom stereocenters. The van der Waals surface area contributed by atoms with E-state index in [2.05, 4.69) is 48.7 Å². The van der Waals surface area contributed by atoms with Gasteiger partial charge in [0.05, 0.1) is 0 Å². The van der Waals surface area contributed by atoms with E-state index in [0.717, 1.165) is 13.1 Å². The molecular formula is C15H25N3O. The zero-order valence-electron chi connectivity index (χ0n) is 12.4. The highest BCUT2D eigenvalue weighted by Gasteiger charge is 2.01. The molecular weight excluding hydrogens is 238 g/mol. The highest BCUT2D eigenvalue weighted by Crippen LogP contribution is 2.14. The fourth-order valence-corrected chi connectivity index (χ4v) is 1.67. The molecule has 19 heavy (non-hydrogen) atoms. The number of urea groups is 1. The van der Waals surface area contributed by atoms with E-state index >= 15 is 0 Å². The topological polar surface area (TPSA) is 44.4 Å². The first-order valence-electron chi connectivity index (χ1n) is 6.75. The highest BCUT2D eigenvalue weighted by atomic mass is 16.2.